The molecule has 1 atom stereocenters. The van der Waals surface area contributed by atoms with Crippen LogP contribution in [0.25, 0.3) is 4.96 Å². The van der Waals surface area contributed by atoms with Crippen LogP contribution in [0.2, 0.25) is 0 Å². The minimum absolute atomic E-state index is 0.365. The van der Waals surface area contributed by atoms with Gasteiger partial charge in [-0.3, -0.25) is 4.40 Å². The number of likely N-dealkylation sites (N-methyl/N-ethyl adjacent to an activating group) is 1. The standard InChI is InChI=1S/C18H24N4S/c1-13-12-22-16(14(2)20-18(22)23-13)10-19-11-17(21(3)4)15-8-6-5-7-9-15/h5-9,12,17,19H,10-11H2,1-4H3/t17-/m1/s1. The van der Waals surface area contributed by atoms with E-state index in [4.69, 9.17) is 0 Å². The zero-order valence-corrected chi connectivity index (χ0v) is 15.0. The molecule has 122 valence electrons. The number of rotatable bonds is 6. The molecule has 0 unspecified atom stereocenters. The maximum atomic E-state index is 4.66. The summed E-state index contributed by atoms with van der Waals surface area (Å²) in [6.45, 7) is 5.96. The van der Waals surface area contributed by atoms with E-state index in [0.29, 0.717) is 6.04 Å². The van der Waals surface area contributed by atoms with E-state index in [1.165, 1.54) is 16.1 Å². The summed E-state index contributed by atoms with van der Waals surface area (Å²) in [5.74, 6) is 0. The van der Waals surface area contributed by atoms with Crippen LogP contribution in [0.15, 0.2) is 36.5 Å². The van der Waals surface area contributed by atoms with Crippen LogP contribution in [0.4, 0.5) is 0 Å². The van der Waals surface area contributed by atoms with E-state index >= 15 is 0 Å². The Morgan fingerprint density at radius 2 is 1.96 bits per heavy atom. The first-order valence-electron chi connectivity index (χ1n) is 7.92. The van der Waals surface area contributed by atoms with E-state index in [1.807, 2.05) is 0 Å². The van der Waals surface area contributed by atoms with Crippen molar-refractivity contribution in [2.45, 2.75) is 26.4 Å². The molecule has 0 fully saturated rings. The Labute approximate surface area is 141 Å². The molecular weight excluding hydrogens is 304 g/mol. The number of nitrogens with one attached hydrogen (secondary N) is 1. The lowest BCUT2D eigenvalue weighted by atomic mass is 10.1. The van der Waals surface area contributed by atoms with E-state index in [2.05, 4.69) is 84.1 Å². The van der Waals surface area contributed by atoms with Crippen LogP contribution >= 0.6 is 11.3 Å². The normalized spacial score (nSPS) is 13.1. The molecule has 0 saturated heterocycles. The van der Waals surface area contributed by atoms with Gasteiger partial charge < -0.3 is 10.2 Å². The molecule has 2 aromatic heterocycles. The fourth-order valence-electron chi connectivity index (χ4n) is 2.92. The summed E-state index contributed by atoms with van der Waals surface area (Å²) in [4.78, 5) is 9.30. The highest BCUT2D eigenvalue weighted by molar-refractivity contribution is 7.17. The van der Waals surface area contributed by atoms with Crippen LogP contribution in [-0.2, 0) is 6.54 Å². The minimum Gasteiger partial charge on any atom is -0.309 e. The maximum absolute atomic E-state index is 4.66. The fraction of sp³-hybridized carbons (Fsp3) is 0.389. The molecule has 0 bridgehead atoms. The van der Waals surface area contributed by atoms with Crippen molar-refractivity contribution in [1.29, 1.82) is 0 Å². The molecule has 0 aliphatic carbocycles. The second-order valence-corrected chi connectivity index (χ2v) is 7.37. The van der Waals surface area contributed by atoms with Crippen LogP contribution < -0.4 is 5.32 Å². The highest BCUT2D eigenvalue weighted by Gasteiger charge is 2.15. The molecule has 3 rings (SSSR count). The lowest BCUT2D eigenvalue weighted by Gasteiger charge is -2.25. The number of aromatic nitrogens is 2. The molecular formula is C18H24N4S. The topological polar surface area (TPSA) is 32.6 Å². The minimum atomic E-state index is 0.365. The van der Waals surface area contributed by atoms with Crippen molar-refractivity contribution in [1.82, 2.24) is 19.6 Å². The number of hydrogen-bond acceptors (Lipinski definition) is 4. The lowest BCUT2D eigenvalue weighted by molar-refractivity contribution is 0.288. The van der Waals surface area contributed by atoms with Crippen LogP contribution in [0.5, 0.6) is 0 Å². The first-order chi connectivity index (χ1) is 11.1. The van der Waals surface area contributed by atoms with Gasteiger partial charge in [-0.1, -0.05) is 30.3 Å². The number of hydrogen-bond donors (Lipinski definition) is 1. The first-order valence-corrected chi connectivity index (χ1v) is 8.74. The Morgan fingerprint density at radius 3 is 2.65 bits per heavy atom. The van der Waals surface area contributed by atoms with E-state index < -0.39 is 0 Å². The molecule has 0 aliphatic heterocycles. The number of imidazole rings is 1. The highest BCUT2D eigenvalue weighted by atomic mass is 32.1. The van der Waals surface area contributed by atoms with E-state index in [9.17, 15) is 0 Å². The Bertz CT molecular complexity index is 773. The largest absolute Gasteiger partial charge is 0.309 e. The van der Waals surface area contributed by atoms with Crippen molar-refractivity contribution in [2.75, 3.05) is 20.6 Å². The summed E-state index contributed by atoms with van der Waals surface area (Å²) in [5, 5.41) is 3.61. The van der Waals surface area contributed by atoms with Crippen molar-refractivity contribution in [3.05, 3.63) is 58.4 Å². The van der Waals surface area contributed by atoms with Gasteiger partial charge >= 0.3 is 0 Å². The van der Waals surface area contributed by atoms with Gasteiger partial charge in [0.1, 0.15) is 0 Å². The number of nitrogens with zero attached hydrogens (tertiary/aromatic N) is 3. The van der Waals surface area contributed by atoms with E-state index in [1.54, 1.807) is 11.3 Å². The fourth-order valence-corrected chi connectivity index (χ4v) is 3.81. The first kappa shape index (κ1) is 16.2. The zero-order chi connectivity index (χ0) is 16.4. The van der Waals surface area contributed by atoms with Crippen LogP contribution in [0, 0.1) is 13.8 Å². The van der Waals surface area contributed by atoms with Gasteiger partial charge in [0.25, 0.3) is 0 Å². The number of fused-ring (bicyclic) bond motifs is 1. The molecule has 2 heterocycles. The monoisotopic (exact) mass is 328 g/mol. The van der Waals surface area contributed by atoms with Gasteiger partial charge in [0.2, 0.25) is 0 Å². The SMILES string of the molecule is Cc1cn2c(CNC[C@H](c3ccccc3)N(C)C)c(C)nc2s1. The molecule has 4 nitrogen and oxygen atoms in total. The summed E-state index contributed by atoms with van der Waals surface area (Å²) in [6.07, 6.45) is 2.18. The van der Waals surface area contributed by atoms with Gasteiger partial charge in [-0.15, -0.1) is 11.3 Å². The van der Waals surface area contributed by atoms with Crippen LogP contribution in [-0.4, -0.2) is 34.9 Å². The van der Waals surface area contributed by atoms with Gasteiger partial charge in [0.15, 0.2) is 4.96 Å². The second-order valence-electron chi connectivity index (χ2n) is 6.16. The van der Waals surface area contributed by atoms with Crippen molar-refractivity contribution in [3.63, 3.8) is 0 Å². The zero-order valence-electron chi connectivity index (χ0n) is 14.2. The molecule has 1 N–H and O–H groups in total. The van der Waals surface area contributed by atoms with Gasteiger partial charge in [-0.05, 0) is 33.5 Å². The Hall–Kier alpha value is -1.69. The van der Waals surface area contributed by atoms with Crippen LogP contribution in [0.3, 0.4) is 0 Å². The molecule has 0 amide bonds. The van der Waals surface area contributed by atoms with Crippen molar-refractivity contribution >= 4 is 16.3 Å². The molecule has 0 radical (unpaired) electrons. The summed E-state index contributed by atoms with van der Waals surface area (Å²) in [7, 11) is 4.26. The van der Waals surface area contributed by atoms with E-state index in [-0.39, 0.29) is 0 Å². The Balaban J connectivity index is 1.70. The molecule has 1 aromatic carbocycles. The van der Waals surface area contributed by atoms with Gasteiger partial charge in [0.05, 0.1) is 11.4 Å². The average Bonchev–Trinajstić information content (AvgIpc) is 3.00. The smallest absolute Gasteiger partial charge is 0.194 e. The molecule has 5 heteroatoms. The summed E-state index contributed by atoms with van der Waals surface area (Å²) >= 11 is 1.74. The van der Waals surface area contributed by atoms with Crippen LogP contribution in [0.1, 0.15) is 27.9 Å². The van der Waals surface area contributed by atoms with E-state index in [0.717, 1.165) is 23.7 Å². The van der Waals surface area contributed by atoms with Gasteiger partial charge in [0, 0.05) is 30.2 Å². The third-order valence-corrected chi connectivity index (χ3v) is 5.08. The average molecular weight is 328 g/mol. The molecule has 3 aromatic rings. The number of benzene rings is 1. The number of thiazole rings is 1. The number of aryl methyl sites for hydroxylation is 2. The molecule has 0 saturated carbocycles. The summed E-state index contributed by atoms with van der Waals surface area (Å²) in [6, 6.07) is 11.0. The quantitative estimate of drug-likeness (QED) is 0.753. The van der Waals surface area contributed by atoms with Gasteiger partial charge in [-0.2, -0.15) is 0 Å². The molecule has 0 spiro atoms. The summed E-state index contributed by atoms with van der Waals surface area (Å²) in [5.41, 5.74) is 3.71. The highest BCUT2D eigenvalue weighted by Crippen LogP contribution is 2.21. The lowest BCUT2D eigenvalue weighted by Crippen LogP contribution is -2.31. The maximum Gasteiger partial charge on any atom is 0.194 e. The Morgan fingerprint density at radius 1 is 1.22 bits per heavy atom. The second kappa shape index (κ2) is 6.83. The predicted octanol–water partition coefficient (Wildman–Crippen LogP) is 3.41. The third kappa shape index (κ3) is 3.47. The van der Waals surface area contributed by atoms with Gasteiger partial charge in [-0.25, -0.2) is 4.98 Å². The molecule has 0 aliphatic rings. The Kier molecular flexibility index (Phi) is 4.80. The van der Waals surface area contributed by atoms with Crippen molar-refractivity contribution in [3.8, 4) is 0 Å². The van der Waals surface area contributed by atoms with Crippen molar-refractivity contribution < 1.29 is 0 Å². The predicted molar refractivity (Wildman–Crippen MR) is 97.1 cm³/mol. The summed E-state index contributed by atoms with van der Waals surface area (Å²) < 4.78 is 2.22. The molecule has 23 heavy (non-hydrogen) atoms. The van der Waals surface area contributed by atoms with Crippen molar-refractivity contribution in [2.24, 2.45) is 0 Å². The third-order valence-electron chi connectivity index (χ3n) is 4.18.